The lowest BCUT2D eigenvalue weighted by Crippen LogP contribution is -2.43. The number of amides is 1. The molecule has 5 rings (SSSR count). The van der Waals surface area contributed by atoms with Crippen molar-refractivity contribution in [2.75, 3.05) is 24.5 Å². The predicted molar refractivity (Wildman–Crippen MR) is 128 cm³/mol. The van der Waals surface area contributed by atoms with Gasteiger partial charge >= 0.3 is 0 Å². The zero-order chi connectivity index (χ0) is 22.1. The Morgan fingerprint density at radius 1 is 1.22 bits per heavy atom. The molecule has 1 aliphatic heterocycles. The van der Waals surface area contributed by atoms with E-state index < -0.39 is 0 Å². The first-order chi connectivity index (χ1) is 15.6. The number of nitrogens with one attached hydrogen (secondary N) is 1. The number of piperidine rings is 1. The highest BCUT2D eigenvalue weighted by molar-refractivity contribution is 7.26. The van der Waals surface area contributed by atoms with E-state index in [0.717, 1.165) is 46.6 Å². The summed E-state index contributed by atoms with van der Waals surface area (Å²) in [6.07, 6.45) is 4.00. The summed E-state index contributed by atoms with van der Waals surface area (Å²) < 4.78 is 16.2. The number of nitrogens with zero attached hydrogens (tertiary/aromatic N) is 3. The Labute approximate surface area is 194 Å². The molecule has 2 aromatic heterocycles. The minimum atomic E-state index is -0.269. The maximum atomic E-state index is 14.4. The summed E-state index contributed by atoms with van der Waals surface area (Å²) >= 11 is 7.43. The normalized spacial score (nSPS) is 16.6. The number of hydrogen-bond donors (Lipinski definition) is 1. The molecule has 32 heavy (non-hydrogen) atoms. The lowest BCUT2D eigenvalue weighted by molar-refractivity contribution is -0.125. The standard InChI is InChI=1S/C24H22ClFN4OS/c25-17-8-6-15(7-9-17)10-11-27-24(31)16-3-2-12-30(13-16)23-22-21(28-14-29-23)20-18(26)4-1-5-19(20)32-22/h1,4-9,14,16H,2-3,10-13H2,(H,27,31)/t16-/m0/s1. The van der Waals surface area contributed by atoms with Crippen LogP contribution >= 0.6 is 22.9 Å². The average Bonchev–Trinajstić information content (AvgIpc) is 3.20. The van der Waals surface area contributed by atoms with E-state index >= 15 is 0 Å². The fourth-order valence-electron chi connectivity index (χ4n) is 4.30. The molecule has 2 aromatic carbocycles. The minimum Gasteiger partial charge on any atom is -0.355 e. The van der Waals surface area contributed by atoms with Crippen LogP contribution in [0.2, 0.25) is 5.02 Å². The van der Waals surface area contributed by atoms with Gasteiger partial charge in [-0.25, -0.2) is 14.4 Å². The van der Waals surface area contributed by atoms with Gasteiger partial charge in [0.2, 0.25) is 5.91 Å². The summed E-state index contributed by atoms with van der Waals surface area (Å²) in [5.74, 6) is 0.477. The van der Waals surface area contributed by atoms with E-state index in [9.17, 15) is 9.18 Å². The first kappa shape index (κ1) is 21.1. The monoisotopic (exact) mass is 468 g/mol. The van der Waals surface area contributed by atoms with Crippen LogP contribution in [0.4, 0.5) is 10.2 Å². The molecular weight excluding hydrogens is 447 g/mol. The Bertz CT molecular complexity index is 1280. The van der Waals surface area contributed by atoms with Crippen molar-refractivity contribution < 1.29 is 9.18 Å². The first-order valence-corrected chi connectivity index (χ1v) is 11.9. The highest BCUT2D eigenvalue weighted by atomic mass is 35.5. The first-order valence-electron chi connectivity index (χ1n) is 10.7. The van der Waals surface area contributed by atoms with Crippen molar-refractivity contribution >= 4 is 55.0 Å². The van der Waals surface area contributed by atoms with Crippen LogP contribution in [0.1, 0.15) is 18.4 Å². The number of aromatic nitrogens is 2. The van der Waals surface area contributed by atoms with Gasteiger partial charge in [-0.1, -0.05) is 29.8 Å². The Morgan fingerprint density at radius 3 is 2.91 bits per heavy atom. The molecular formula is C24H22ClFN4OS. The maximum absolute atomic E-state index is 14.4. The van der Waals surface area contributed by atoms with Gasteiger partial charge in [-0.05, 0) is 49.1 Å². The van der Waals surface area contributed by atoms with Crippen molar-refractivity contribution in [3.63, 3.8) is 0 Å². The summed E-state index contributed by atoms with van der Waals surface area (Å²) in [7, 11) is 0. The number of halogens is 2. The number of hydrogen-bond acceptors (Lipinski definition) is 5. The highest BCUT2D eigenvalue weighted by Crippen LogP contribution is 2.39. The Morgan fingerprint density at radius 2 is 2.06 bits per heavy atom. The lowest BCUT2D eigenvalue weighted by Gasteiger charge is -2.33. The van der Waals surface area contributed by atoms with E-state index in [2.05, 4.69) is 20.2 Å². The van der Waals surface area contributed by atoms with Crippen molar-refractivity contribution in [2.24, 2.45) is 5.92 Å². The van der Waals surface area contributed by atoms with Crippen LogP contribution in [-0.4, -0.2) is 35.5 Å². The molecule has 1 atom stereocenters. The zero-order valence-electron chi connectivity index (χ0n) is 17.4. The number of thiophene rings is 1. The van der Waals surface area contributed by atoms with E-state index in [0.29, 0.717) is 29.0 Å². The second-order valence-corrected chi connectivity index (χ2v) is 9.53. The SMILES string of the molecule is O=C(NCCc1ccc(Cl)cc1)[C@H]1CCCN(c2ncnc3c2sc2cccc(F)c23)C1. The quantitative estimate of drug-likeness (QED) is 0.436. The molecule has 0 unspecified atom stereocenters. The smallest absolute Gasteiger partial charge is 0.224 e. The van der Waals surface area contributed by atoms with Gasteiger partial charge in [-0.15, -0.1) is 11.3 Å². The Kier molecular flexibility index (Phi) is 5.93. The number of carbonyl (C=O) groups excluding carboxylic acids is 1. The minimum absolute atomic E-state index is 0.0661. The van der Waals surface area contributed by atoms with Crippen LogP contribution in [-0.2, 0) is 11.2 Å². The molecule has 1 N–H and O–H groups in total. The van der Waals surface area contributed by atoms with E-state index in [1.165, 1.54) is 23.7 Å². The third-order valence-electron chi connectivity index (χ3n) is 5.93. The van der Waals surface area contributed by atoms with Gasteiger partial charge in [0.05, 0.1) is 21.5 Å². The predicted octanol–water partition coefficient (Wildman–Crippen LogP) is 5.21. The van der Waals surface area contributed by atoms with Crippen molar-refractivity contribution in [1.29, 1.82) is 0 Å². The van der Waals surface area contributed by atoms with Gasteiger partial charge in [-0.2, -0.15) is 0 Å². The molecule has 0 saturated carbocycles. The van der Waals surface area contributed by atoms with Crippen LogP contribution in [0.25, 0.3) is 20.3 Å². The van der Waals surface area contributed by atoms with Crippen LogP contribution in [0, 0.1) is 11.7 Å². The van der Waals surface area contributed by atoms with Crippen LogP contribution in [0.5, 0.6) is 0 Å². The summed E-state index contributed by atoms with van der Waals surface area (Å²) in [5.41, 5.74) is 1.78. The summed E-state index contributed by atoms with van der Waals surface area (Å²) in [6.45, 7) is 2.00. The topological polar surface area (TPSA) is 58.1 Å². The van der Waals surface area contributed by atoms with Crippen LogP contribution < -0.4 is 10.2 Å². The largest absolute Gasteiger partial charge is 0.355 e. The van der Waals surface area contributed by atoms with Crippen LogP contribution in [0.3, 0.4) is 0 Å². The van der Waals surface area contributed by atoms with Crippen molar-refractivity contribution in [1.82, 2.24) is 15.3 Å². The molecule has 3 heterocycles. The fourth-order valence-corrected chi connectivity index (χ4v) is 5.61. The van der Waals surface area contributed by atoms with Gasteiger partial charge in [0, 0.05) is 29.4 Å². The third-order valence-corrected chi connectivity index (χ3v) is 7.32. The molecule has 8 heteroatoms. The summed E-state index contributed by atoms with van der Waals surface area (Å²) in [4.78, 5) is 23.9. The van der Waals surface area contributed by atoms with Gasteiger partial charge < -0.3 is 10.2 Å². The van der Waals surface area contributed by atoms with Gasteiger partial charge in [0.15, 0.2) is 0 Å². The van der Waals surface area contributed by atoms with E-state index in [4.69, 9.17) is 11.6 Å². The second-order valence-electron chi connectivity index (χ2n) is 8.04. The number of fused-ring (bicyclic) bond motifs is 3. The fraction of sp³-hybridized carbons (Fsp3) is 0.292. The molecule has 4 aromatic rings. The Hall–Kier alpha value is -2.77. The van der Waals surface area contributed by atoms with E-state index in [-0.39, 0.29) is 17.6 Å². The van der Waals surface area contributed by atoms with Crippen molar-refractivity contribution in [3.05, 3.63) is 65.2 Å². The molecule has 1 aliphatic rings. The van der Waals surface area contributed by atoms with Crippen molar-refractivity contribution in [2.45, 2.75) is 19.3 Å². The summed E-state index contributed by atoms with van der Waals surface area (Å²) in [5, 5.41) is 4.33. The Balaban J connectivity index is 1.30. The number of rotatable bonds is 5. The third kappa shape index (κ3) is 4.14. The maximum Gasteiger partial charge on any atom is 0.224 e. The van der Waals surface area contributed by atoms with Gasteiger partial charge in [-0.3, -0.25) is 4.79 Å². The number of anilines is 1. The van der Waals surface area contributed by atoms with Gasteiger partial charge in [0.1, 0.15) is 18.0 Å². The second kappa shape index (κ2) is 9.00. The molecule has 0 aliphatic carbocycles. The number of benzene rings is 2. The van der Waals surface area contributed by atoms with E-state index in [1.54, 1.807) is 6.07 Å². The molecule has 1 amide bonds. The van der Waals surface area contributed by atoms with Crippen LogP contribution in [0.15, 0.2) is 48.8 Å². The van der Waals surface area contributed by atoms with Crippen molar-refractivity contribution in [3.8, 4) is 0 Å². The van der Waals surface area contributed by atoms with Gasteiger partial charge in [0.25, 0.3) is 0 Å². The average molecular weight is 469 g/mol. The molecule has 0 radical (unpaired) electrons. The molecule has 0 bridgehead atoms. The lowest BCUT2D eigenvalue weighted by atomic mass is 9.97. The molecule has 1 saturated heterocycles. The highest BCUT2D eigenvalue weighted by Gasteiger charge is 2.28. The molecule has 0 spiro atoms. The number of carbonyl (C=O) groups is 1. The molecule has 1 fully saturated rings. The molecule has 164 valence electrons. The van der Waals surface area contributed by atoms with E-state index in [1.807, 2.05) is 30.3 Å². The molecule has 5 nitrogen and oxygen atoms in total. The zero-order valence-corrected chi connectivity index (χ0v) is 18.9. The summed E-state index contributed by atoms with van der Waals surface area (Å²) in [6, 6.07) is 12.8.